The van der Waals surface area contributed by atoms with Gasteiger partial charge in [0.15, 0.2) is 11.6 Å². The van der Waals surface area contributed by atoms with Crippen LogP contribution in [0.15, 0.2) is 66.9 Å². The molecule has 1 aromatic heterocycles. The molecule has 0 unspecified atom stereocenters. The Bertz CT molecular complexity index is 1040. The first-order valence-corrected chi connectivity index (χ1v) is 10.0. The maximum Gasteiger partial charge on any atom is 0.325 e. The number of amides is 1. The molecule has 0 aliphatic carbocycles. The minimum atomic E-state index is -0.591. The number of hydrogen-bond donors (Lipinski definition) is 2. The summed E-state index contributed by atoms with van der Waals surface area (Å²) in [5.41, 5.74) is 1.52. The Morgan fingerprint density at radius 1 is 0.969 bits per heavy atom. The number of carbonyl (C=O) groups excluding carboxylic acids is 2. The number of ether oxygens (including phenoxy) is 1. The van der Waals surface area contributed by atoms with E-state index in [1.807, 2.05) is 60.7 Å². The monoisotopic (exact) mass is 454 g/mol. The summed E-state index contributed by atoms with van der Waals surface area (Å²) in [7, 11) is 0. The predicted molar refractivity (Wildman–Crippen MR) is 128 cm³/mol. The van der Waals surface area contributed by atoms with Gasteiger partial charge in [-0.05, 0) is 26.3 Å². The molecule has 32 heavy (non-hydrogen) atoms. The van der Waals surface area contributed by atoms with Crippen molar-refractivity contribution in [1.82, 2.24) is 9.97 Å². The second kappa shape index (κ2) is 11.2. The van der Waals surface area contributed by atoms with Gasteiger partial charge < -0.3 is 15.4 Å². The number of esters is 1. The number of benzene rings is 2. The maximum atomic E-state index is 12.5. The molecular formula is C24H27ClN4O3. The Kier molecular flexibility index (Phi) is 8.72. The van der Waals surface area contributed by atoms with E-state index in [9.17, 15) is 9.59 Å². The summed E-state index contributed by atoms with van der Waals surface area (Å²) in [5, 5.41) is 5.81. The number of hydrogen-bond acceptors (Lipinski definition) is 6. The molecule has 0 aliphatic heterocycles. The van der Waals surface area contributed by atoms with Crippen molar-refractivity contribution < 1.29 is 14.3 Å². The molecular weight excluding hydrogens is 428 g/mol. The third-order valence-electron chi connectivity index (χ3n) is 4.12. The normalized spacial score (nSPS) is 10.6. The number of carbonyl (C=O) groups is 2. The number of anilines is 2. The summed E-state index contributed by atoms with van der Waals surface area (Å²) < 4.78 is 5.34. The van der Waals surface area contributed by atoms with E-state index >= 15 is 0 Å². The van der Waals surface area contributed by atoms with E-state index in [0.29, 0.717) is 17.3 Å². The third-order valence-corrected chi connectivity index (χ3v) is 4.12. The van der Waals surface area contributed by atoms with Crippen LogP contribution in [0.1, 0.15) is 26.3 Å². The van der Waals surface area contributed by atoms with Crippen molar-refractivity contribution in [3.63, 3.8) is 0 Å². The van der Waals surface area contributed by atoms with Crippen LogP contribution >= 0.6 is 12.4 Å². The van der Waals surface area contributed by atoms with E-state index in [0.717, 1.165) is 11.1 Å². The molecule has 168 valence electrons. The van der Waals surface area contributed by atoms with Gasteiger partial charge in [-0.3, -0.25) is 9.59 Å². The SMILES string of the molecule is CC(C)(C)OC(=O)CNc1nc(-c2ccccc2)ncc1NC(=O)Cc1ccccc1.Cl. The number of aromatic nitrogens is 2. The van der Waals surface area contributed by atoms with E-state index < -0.39 is 11.6 Å². The van der Waals surface area contributed by atoms with Crippen molar-refractivity contribution in [3.8, 4) is 11.4 Å². The Morgan fingerprint density at radius 2 is 1.59 bits per heavy atom. The molecule has 1 heterocycles. The van der Waals surface area contributed by atoms with Crippen molar-refractivity contribution in [1.29, 1.82) is 0 Å². The van der Waals surface area contributed by atoms with Crippen LogP contribution in [0.4, 0.5) is 11.5 Å². The Hall–Kier alpha value is -3.45. The van der Waals surface area contributed by atoms with Gasteiger partial charge >= 0.3 is 5.97 Å². The van der Waals surface area contributed by atoms with Crippen molar-refractivity contribution in [2.45, 2.75) is 32.8 Å². The summed E-state index contributed by atoms with van der Waals surface area (Å²) in [4.78, 5) is 33.6. The Labute approximate surface area is 194 Å². The lowest BCUT2D eigenvalue weighted by Gasteiger charge is -2.20. The number of halogens is 1. The zero-order valence-corrected chi connectivity index (χ0v) is 19.1. The highest BCUT2D eigenvalue weighted by atomic mass is 35.5. The van der Waals surface area contributed by atoms with Gasteiger partial charge in [0.05, 0.1) is 12.6 Å². The molecule has 0 spiro atoms. The van der Waals surface area contributed by atoms with Gasteiger partial charge in [0.1, 0.15) is 17.8 Å². The van der Waals surface area contributed by atoms with Gasteiger partial charge in [-0.15, -0.1) is 12.4 Å². The summed E-state index contributed by atoms with van der Waals surface area (Å²) in [6.45, 7) is 5.32. The first-order valence-electron chi connectivity index (χ1n) is 10.0. The lowest BCUT2D eigenvalue weighted by Crippen LogP contribution is -2.28. The molecule has 0 atom stereocenters. The van der Waals surface area contributed by atoms with E-state index in [1.165, 1.54) is 6.20 Å². The standard InChI is InChI=1S/C24H26N4O3.ClH/c1-24(2,3)31-21(30)16-26-23-19(27-20(29)14-17-10-6-4-7-11-17)15-25-22(28-23)18-12-8-5-9-13-18;/h4-13,15H,14,16H2,1-3H3,(H,27,29)(H,25,26,28);1H. The molecule has 0 bridgehead atoms. The highest BCUT2D eigenvalue weighted by Gasteiger charge is 2.18. The molecule has 7 nitrogen and oxygen atoms in total. The van der Waals surface area contributed by atoms with Crippen molar-refractivity contribution in [2.75, 3.05) is 17.2 Å². The fourth-order valence-electron chi connectivity index (χ4n) is 2.84. The molecule has 1 amide bonds. The lowest BCUT2D eigenvalue weighted by molar-refractivity contribution is -0.152. The molecule has 8 heteroatoms. The number of nitrogens with zero attached hydrogens (tertiary/aromatic N) is 2. The number of rotatable bonds is 7. The molecule has 0 saturated heterocycles. The summed E-state index contributed by atoms with van der Waals surface area (Å²) in [6, 6.07) is 18.9. The fourth-order valence-corrected chi connectivity index (χ4v) is 2.84. The lowest BCUT2D eigenvalue weighted by atomic mass is 10.1. The topological polar surface area (TPSA) is 93.2 Å². The van der Waals surface area contributed by atoms with Crippen molar-refractivity contribution in [3.05, 3.63) is 72.4 Å². The van der Waals surface area contributed by atoms with E-state index in [2.05, 4.69) is 20.6 Å². The van der Waals surface area contributed by atoms with Crippen molar-refractivity contribution in [2.24, 2.45) is 0 Å². The smallest absolute Gasteiger partial charge is 0.325 e. The molecule has 3 rings (SSSR count). The largest absolute Gasteiger partial charge is 0.459 e. The minimum Gasteiger partial charge on any atom is -0.459 e. The summed E-state index contributed by atoms with van der Waals surface area (Å²) in [6.07, 6.45) is 1.75. The zero-order valence-electron chi connectivity index (χ0n) is 18.3. The van der Waals surface area contributed by atoms with Crippen LogP contribution < -0.4 is 10.6 Å². The number of nitrogens with one attached hydrogen (secondary N) is 2. The quantitative estimate of drug-likeness (QED) is 0.510. The van der Waals surface area contributed by atoms with Crippen LogP contribution in [-0.4, -0.2) is 34.0 Å². The van der Waals surface area contributed by atoms with E-state index in [-0.39, 0.29) is 31.3 Å². The molecule has 0 aliphatic rings. The molecule has 3 aromatic rings. The molecule has 2 aromatic carbocycles. The molecule has 0 saturated carbocycles. The average Bonchev–Trinajstić information content (AvgIpc) is 2.73. The predicted octanol–water partition coefficient (Wildman–Crippen LogP) is 4.50. The third kappa shape index (κ3) is 7.67. The van der Waals surface area contributed by atoms with Gasteiger partial charge in [0.2, 0.25) is 5.91 Å². The van der Waals surface area contributed by atoms with E-state index in [1.54, 1.807) is 20.8 Å². The van der Waals surface area contributed by atoms with Crippen LogP contribution in [0.5, 0.6) is 0 Å². The van der Waals surface area contributed by atoms with Gasteiger partial charge in [-0.1, -0.05) is 60.7 Å². The van der Waals surface area contributed by atoms with Crippen LogP contribution in [0.3, 0.4) is 0 Å². The highest BCUT2D eigenvalue weighted by Crippen LogP contribution is 2.23. The average molecular weight is 455 g/mol. The van der Waals surface area contributed by atoms with Gasteiger partial charge in [0, 0.05) is 5.56 Å². The Balaban J connectivity index is 0.00000363. The van der Waals surface area contributed by atoms with Crippen LogP contribution in [0.25, 0.3) is 11.4 Å². The summed E-state index contributed by atoms with van der Waals surface area (Å²) in [5.74, 6) is 0.200. The molecule has 0 fully saturated rings. The second-order valence-corrected chi connectivity index (χ2v) is 7.97. The first-order chi connectivity index (χ1) is 14.8. The zero-order chi connectivity index (χ0) is 22.3. The minimum absolute atomic E-state index is 0. The van der Waals surface area contributed by atoms with Gasteiger partial charge in [-0.2, -0.15) is 0 Å². The molecule has 0 radical (unpaired) electrons. The Morgan fingerprint density at radius 3 is 2.22 bits per heavy atom. The van der Waals surface area contributed by atoms with Crippen LogP contribution in [0.2, 0.25) is 0 Å². The van der Waals surface area contributed by atoms with E-state index in [4.69, 9.17) is 4.74 Å². The highest BCUT2D eigenvalue weighted by molar-refractivity contribution is 5.95. The maximum absolute atomic E-state index is 12.5. The fraction of sp³-hybridized carbons (Fsp3) is 0.250. The second-order valence-electron chi connectivity index (χ2n) is 7.97. The first kappa shape index (κ1) is 24.8. The molecule has 2 N–H and O–H groups in total. The van der Waals surface area contributed by atoms with Gasteiger partial charge in [-0.25, -0.2) is 9.97 Å². The van der Waals surface area contributed by atoms with Crippen molar-refractivity contribution >= 4 is 35.8 Å². The summed E-state index contributed by atoms with van der Waals surface area (Å²) >= 11 is 0. The van der Waals surface area contributed by atoms with Crippen LogP contribution in [0, 0.1) is 0 Å². The van der Waals surface area contributed by atoms with Gasteiger partial charge in [0.25, 0.3) is 0 Å². The van der Waals surface area contributed by atoms with Crippen LogP contribution in [-0.2, 0) is 20.7 Å².